The Morgan fingerprint density at radius 2 is 1.25 bits per heavy atom. The molecule has 0 saturated heterocycles. The van der Waals surface area contributed by atoms with E-state index in [0.717, 1.165) is 0 Å². The smallest absolute Gasteiger partial charge is 0.0105 e. The maximum Gasteiger partial charge on any atom is -0.0105 e. The molecule has 0 heteroatoms. The summed E-state index contributed by atoms with van der Waals surface area (Å²) in [6.07, 6.45) is 12.4. The molecule has 0 N–H and O–H groups in total. The van der Waals surface area contributed by atoms with Crippen molar-refractivity contribution in [3.05, 3.63) is 60.2 Å². The molecule has 0 bridgehead atoms. The summed E-state index contributed by atoms with van der Waals surface area (Å²) in [7, 11) is 0. The average Bonchev–Trinajstić information content (AvgIpc) is 2.63. The van der Waals surface area contributed by atoms with Crippen LogP contribution in [0.4, 0.5) is 0 Å². The van der Waals surface area contributed by atoms with E-state index >= 15 is 0 Å². The molecular weight excluding hydrogens is 288 g/mol. The fraction of sp³-hybridized carbons (Fsp3) is 0.417. The van der Waals surface area contributed by atoms with Gasteiger partial charge in [-0.2, -0.15) is 0 Å². The standard InChI is InChI=1S/C24H30/c1-2-3-4-5-6-7-8-9-12-20-15-18-24-22(19-20)17-16-21-13-10-11-14-23(21)24/h10-11,13-19H,2-9,12H2,1H3. The van der Waals surface area contributed by atoms with Gasteiger partial charge in [-0.05, 0) is 39.9 Å². The molecule has 0 radical (unpaired) electrons. The van der Waals surface area contributed by atoms with E-state index in [2.05, 4.69) is 61.5 Å². The van der Waals surface area contributed by atoms with Crippen LogP contribution in [0.25, 0.3) is 21.5 Å². The van der Waals surface area contributed by atoms with Gasteiger partial charge in [-0.25, -0.2) is 0 Å². The zero-order chi connectivity index (χ0) is 16.6. The van der Waals surface area contributed by atoms with Crippen molar-refractivity contribution in [1.29, 1.82) is 0 Å². The highest BCUT2D eigenvalue weighted by atomic mass is 14.1. The average molecular weight is 319 g/mol. The van der Waals surface area contributed by atoms with Gasteiger partial charge in [0.15, 0.2) is 0 Å². The Kier molecular flexibility index (Phi) is 6.29. The number of hydrogen-bond donors (Lipinski definition) is 0. The number of hydrogen-bond acceptors (Lipinski definition) is 0. The quantitative estimate of drug-likeness (QED) is 0.280. The number of aryl methyl sites for hydroxylation is 1. The van der Waals surface area contributed by atoms with Crippen molar-refractivity contribution in [3.63, 3.8) is 0 Å². The van der Waals surface area contributed by atoms with Crippen LogP contribution in [-0.2, 0) is 6.42 Å². The van der Waals surface area contributed by atoms with Gasteiger partial charge in [0, 0.05) is 0 Å². The number of rotatable bonds is 9. The summed E-state index contributed by atoms with van der Waals surface area (Å²) in [5, 5.41) is 5.47. The first-order valence-corrected chi connectivity index (χ1v) is 9.79. The Hall–Kier alpha value is -1.82. The minimum absolute atomic E-state index is 1.22. The first-order valence-electron chi connectivity index (χ1n) is 9.79. The predicted molar refractivity (Wildman–Crippen MR) is 108 cm³/mol. The van der Waals surface area contributed by atoms with Crippen LogP contribution in [0.5, 0.6) is 0 Å². The van der Waals surface area contributed by atoms with Crippen LogP contribution in [0.15, 0.2) is 54.6 Å². The molecule has 0 aromatic heterocycles. The molecule has 0 heterocycles. The summed E-state index contributed by atoms with van der Waals surface area (Å²) < 4.78 is 0. The summed E-state index contributed by atoms with van der Waals surface area (Å²) in [5.74, 6) is 0. The second kappa shape index (κ2) is 8.87. The zero-order valence-corrected chi connectivity index (χ0v) is 15.1. The Labute approximate surface area is 146 Å². The van der Waals surface area contributed by atoms with Gasteiger partial charge in [0.1, 0.15) is 0 Å². The van der Waals surface area contributed by atoms with Crippen molar-refractivity contribution in [1.82, 2.24) is 0 Å². The molecule has 24 heavy (non-hydrogen) atoms. The summed E-state index contributed by atoms with van der Waals surface area (Å²) >= 11 is 0. The van der Waals surface area contributed by atoms with Gasteiger partial charge in [-0.15, -0.1) is 0 Å². The van der Waals surface area contributed by atoms with E-state index in [1.54, 1.807) is 0 Å². The zero-order valence-electron chi connectivity index (χ0n) is 15.1. The molecule has 0 aliphatic carbocycles. The van der Waals surface area contributed by atoms with E-state index < -0.39 is 0 Å². The molecule has 3 aromatic carbocycles. The monoisotopic (exact) mass is 318 g/mol. The molecule has 0 aliphatic heterocycles. The third-order valence-electron chi connectivity index (χ3n) is 5.13. The lowest BCUT2D eigenvalue weighted by Gasteiger charge is -2.07. The topological polar surface area (TPSA) is 0 Å². The first-order chi connectivity index (χ1) is 11.9. The van der Waals surface area contributed by atoms with E-state index in [4.69, 9.17) is 0 Å². The fourth-order valence-electron chi connectivity index (χ4n) is 3.68. The van der Waals surface area contributed by atoms with E-state index in [1.165, 1.54) is 84.9 Å². The van der Waals surface area contributed by atoms with Crippen molar-refractivity contribution in [2.75, 3.05) is 0 Å². The lowest BCUT2D eigenvalue weighted by atomic mass is 9.98. The highest BCUT2D eigenvalue weighted by molar-refractivity contribution is 6.07. The van der Waals surface area contributed by atoms with Crippen molar-refractivity contribution in [3.8, 4) is 0 Å². The molecule has 126 valence electrons. The Bertz CT molecular complexity index is 769. The lowest BCUT2D eigenvalue weighted by Crippen LogP contribution is -1.87. The van der Waals surface area contributed by atoms with Gasteiger partial charge in [0.25, 0.3) is 0 Å². The number of unbranched alkanes of at least 4 members (excludes halogenated alkanes) is 7. The van der Waals surface area contributed by atoms with Gasteiger partial charge in [-0.1, -0.05) is 106 Å². The van der Waals surface area contributed by atoms with E-state index in [0.29, 0.717) is 0 Å². The Morgan fingerprint density at radius 3 is 2.08 bits per heavy atom. The lowest BCUT2D eigenvalue weighted by molar-refractivity contribution is 0.575. The van der Waals surface area contributed by atoms with Gasteiger partial charge in [-0.3, -0.25) is 0 Å². The molecule has 3 rings (SSSR count). The summed E-state index contributed by atoms with van der Waals surface area (Å²) in [4.78, 5) is 0. The molecule has 0 atom stereocenters. The largest absolute Gasteiger partial charge is 0.0654 e. The van der Waals surface area contributed by atoms with Crippen LogP contribution in [0.2, 0.25) is 0 Å². The summed E-state index contributed by atoms with van der Waals surface area (Å²) in [5.41, 5.74) is 1.49. The van der Waals surface area contributed by atoms with Crippen molar-refractivity contribution >= 4 is 21.5 Å². The van der Waals surface area contributed by atoms with Gasteiger partial charge in [0.05, 0.1) is 0 Å². The maximum atomic E-state index is 2.39. The first kappa shape index (κ1) is 17.0. The second-order valence-corrected chi connectivity index (χ2v) is 7.07. The normalized spacial score (nSPS) is 11.4. The SMILES string of the molecule is CCCCCCCCCCc1ccc2c(ccc3ccccc32)c1. The Morgan fingerprint density at radius 1 is 0.583 bits per heavy atom. The highest BCUT2D eigenvalue weighted by Gasteiger charge is 2.01. The molecule has 0 aliphatic rings. The van der Waals surface area contributed by atoms with Crippen LogP contribution in [-0.4, -0.2) is 0 Å². The van der Waals surface area contributed by atoms with Crippen LogP contribution < -0.4 is 0 Å². The van der Waals surface area contributed by atoms with Gasteiger partial charge < -0.3 is 0 Å². The van der Waals surface area contributed by atoms with Crippen molar-refractivity contribution < 1.29 is 0 Å². The Balaban J connectivity index is 1.54. The van der Waals surface area contributed by atoms with Crippen molar-refractivity contribution in [2.45, 2.75) is 64.7 Å². The van der Waals surface area contributed by atoms with E-state index in [-0.39, 0.29) is 0 Å². The minimum atomic E-state index is 1.22. The molecule has 3 aromatic rings. The predicted octanol–water partition coefficient (Wildman–Crippen LogP) is 7.68. The second-order valence-electron chi connectivity index (χ2n) is 7.07. The third kappa shape index (κ3) is 4.38. The molecular formula is C24H30. The number of fused-ring (bicyclic) bond motifs is 3. The van der Waals surface area contributed by atoms with Gasteiger partial charge >= 0.3 is 0 Å². The molecule has 0 amide bonds. The summed E-state index contributed by atoms with van der Waals surface area (Å²) in [6.45, 7) is 2.28. The van der Waals surface area contributed by atoms with Crippen LogP contribution >= 0.6 is 0 Å². The highest BCUT2D eigenvalue weighted by Crippen LogP contribution is 2.26. The van der Waals surface area contributed by atoms with E-state index in [1.807, 2.05) is 0 Å². The molecule has 0 fully saturated rings. The van der Waals surface area contributed by atoms with Gasteiger partial charge in [0.2, 0.25) is 0 Å². The molecule has 0 nitrogen and oxygen atoms in total. The fourth-order valence-corrected chi connectivity index (χ4v) is 3.68. The van der Waals surface area contributed by atoms with Crippen molar-refractivity contribution in [2.24, 2.45) is 0 Å². The van der Waals surface area contributed by atoms with Crippen LogP contribution in [0.3, 0.4) is 0 Å². The minimum Gasteiger partial charge on any atom is -0.0654 e. The summed E-state index contributed by atoms with van der Waals surface area (Å²) in [6, 6.07) is 20.2. The molecule has 0 spiro atoms. The van der Waals surface area contributed by atoms with Crippen LogP contribution in [0.1, 0.15) is 63.9 Å². The number of benzene rings is 3. The maximum absolute atomic E-state index is 2.39. The molecule has 0 unspecified atom stereocenters. The molecule has 0 saturated carbocycles. The third-order valence-corrected chi connectivity index (χ3v) is 5.13. The van der Waals surface area contributed by atoms with E-state index in [9.17, 15) is 0 Å². The van der Waals surface area contributed by atoms with Crippen LogP contribution in [0, 0.1) is 0 Å².